The molecule has 1 saturated carbocycles. The van der Waals surface area contributed by atoms with Crippen LogP contribution in [0.3, 0.4) is 0 Å². The molecule has 0 unspecified atom stereocenters. The van der Waals surface area contributed by atoms with Gasteiger partial charge in [-0.3, -0.25) is 4.79 Å². The molecule has 0 saturated heterocycles. The lowest BCUT2D eigenvalue weighted by Gasteiger charge is -1.79. The average Bonchev–Trinajstić information content (AvgIpc) is 2.72. The fourth-order valence-electron chi connectivity index (χ4n) is 0.300. The molecule has 58 valence electrons. The molecular formula is C7H12O3. The maximum atomic E-state index is 9.57. The van der Waals surface area contributed by atoms with Crippen LogP contribution in [0.4, 0.5) is 0 Å². The number of hydrogen-bond acceptors (Lipinski definition) is 3. The summed E-state index contributed by atoms with van der Waals surface area (Å²) in [5.74, 6) is 0.454. The molecule has 0 aromatic heterocycles. The second-order valence-electron chi connectivity index (χ2n) is 2.03. The maximum absolute atomic E-state index is 9.57. The smallest absolute Gasteiger partial charge is 0.293 e. The van der Waals surface area contributed by atoms with Gasteiger partial charge in [0.25, 0.3) is 6.47 Å². The first kappa shape index (κ1) is 9.14. The van der Waals surface area contributed by atoms with Crippen molar-refractivity contribution in [1.29, 1.82) is 0 Å². The predicted octanol–water partition coefficient (Wildman–Crippen LogP) is 0.775. The molecule has 0 aromatic carbocycles. The Labute approximate surface area is 60.4 Å². The van der Waals surface area contributed by atoms with Gasteiger partial charge in [-0.05, 0) is 19.8 Å². The topological polar surface area (TPSA) is 43.4 Å². The van der Waals surface area contributed by atoms with E-state index in [0.717, 1.165) is 19.1 Å². The summed E-state index contributed by atoms with van der Waals surface area (Å²) in [4.78, 5) is 18.7. The second-order valence-corrected chi connectivity index (χ2v) is 2.03. The van der Waals surface area contributed by atoms with Crippen molar-refractivity contribution >= 4 is 12.8 Å². The first-order chi connectivity index (χ1) is 4.85. The molecule has 0 aromatic rings. The van der Waals surface area contributed by atoms with Gasteiger partial charge < -0.3 is 9.53 Å². The molecule has 0 spiro atoms. The summed E-state index contributed by atoms with van der Waals surface area (Å²) in [5.41, 5.74) is 0. The number of aldehydes is 1. The summed E-state index contributed by atoms with van der Waals surface area (Å²) in [7, 11) is 0. The van der Waals surface area contributed by atoms with Crippen LogP contribution >= 0.6 is 0 Å². The monoisotopic (exact) mass is 144 g/mol. The zero-order chi connectivity index (χ0) is 7.82. The number of ether oxygens (including phenoxy) is 1. The summed E-state index contributed by atoms with van der Waals surface area (Å²) >= 11 is 0. The van der Waals surface area contributed by atoms with Crippen LogP contribution in [0.2, 0.25) is 0 Å². The van der Waals surface area contributed by atoms with Gasteiger partial charge in [0.15, 0.2) is 0 Å². The Hall–Kier alpha value is -0.860. The number of rotatable bonds is 3. The highest BCUT2D eigenvalue weighted by atomic mass is 16.5. The number of carbonyl (C=O) groups excluding carboxylic acids is 2. The van der Waals surface area contributed by atoms with E-state index in [0.29, 0.717) is 19.0 Å². The number of carbonyl (C=O) groups is 2. The van der Waals surface area contributed by atoms with Gasteiger partial charge >= 0.3 is 0 Å². The van der Waals surface area contributed by atoms with E-state index in [-0.39, 0.29) is 0 Å². The van der Waals surface area contributed by atoms with Gasteiger partial charge in [0.2, 0.25) is 0 Å². The molecule has 0 aliphatic heterocycles. The standard InChI is InChI=1S/C4H6O.C3H6O2/c5-3-4-1-2-4;1-2-5-3-4/h3-4H,1-2H2;3H,2H2,1H3. The third-order valence-electron chi connectivity index (χ3n) is 1.05. The summed E-state index contributed by atoms with van der Waals surface area (Å²) in [5, 5.41) is 0. The molecule has 1 aliphatic carbocycles. The zero-order valence-corrected chi connectivity index (χ0v) is 6.08. The molecule has 3 heteroatoms. The van der Waals surface area contributed by atoms with Crippen molar-refractivity contribution < 1.29 is 14.3 Å². The molecular weight excluding hydrogens is 132 g/mol. The maximum Gasteiger partial charge on any atom is 0.293 e. The van der Waals surface area contributed by atoms with Crippen LogP contribution in [0.5, 0.6) is 0 Å². The van der Waals surface area contributed by atoms with Crippen molar-refractivity contribution in [3.8, 4) is 0 Å². The largest absolute Gasteiger partial charge is 0.468 e. The van der Waals surface area contributed by atoms with Gasteiger partial charge in [-0.15, -0.1) is 0 Å². The Morgan fingerprint density at radius 1 is 1.50 bits per heavy atom. The van der Waals surface area contributed by atoms with Gasteiger partial charge in [0.1, 0.15) is 6.29 Å². The lowest BCUT2D eigenvalue weighted by atomic mass is 10.5. The minimum atomic E-state index is 0.431. The Bertz CT molecular complexity index is 97.0. The minimum Gasteiger partial charge on any atom is -0.468 e. The SMILES string of the molecule is CCOC=O.O=CC1CC1. The molecule has 0 atom stereocenters. The van der Waals surface area contributed by atoms with E-state index in [9.17, 15) is 9.59 Å². The quantitative estimate of drug-likeness (QED) is 0.549. The zero-order valence-electron chi connectivity index (χ0n) is 6.08. The summed E-state index contributed by atoms with van der Waals surface area (Å²) < 4.78 is 4.15. The van der Waals surface area contributed by atoms with Gasteiger partial charge in [-0.25, -0.2) is 0 Å². The van der Waals surface area contributed by atoms with Gasteiger partial charge in [0, 0.05) is 5.92 Å². The first-order valence-corrected chi connectivity index (χ1v) is 3.35. The van der Waals surface area contributed by atoms with Crippen molar-refractivity contribution in [3.63, 3.8) is 0 Å². The van der Waals surface area contributed by atoms with Gasteiger partial charge in [0.05, 0.1) is 6.61 Å². The van der Waals surface area contributed by atoms with Crippen LogP contribution in [0.1, 0.15) is 19.8 Å². The van der Waals surface area contributed by atoms with E-state index >= 15 is 0 Å². The van der Waals surface area contributed by atoms with Crippen molar-refractivity contribution in [3.05, 3.63) is 0 Å². The summed E-state index contributed by atoms with van der Waals surface area (Å²) in [6, 6.07) is 0. The van der Waals surface area contributed by atoms with E-state index in [1.807, 2.05) is 0 Å². The molecule has 0 N–H and O–H groups in total. The van der Waals surface area contributed by atoms with Crippen LogP contribution in [-0.4, -0.2) is 19.4 Å². The molecule has 0 bridgehead atoms. The minimum absolute atomic E-state index is 0.431. The average molecular weight is 144 g/mol. The Kier molecular flexibility index (Phi) is 5.72. The van der Waals surface area contributed by atoms with Crippen molar-refractivity contribution in [2.24, 2.45) is 5.92 Å². The molecule has 0 heterocycles. The van der Waals surface area contributed by atoms with Crippen LogP contribution in [-0.2, 0) is 14.3 Å². The molecule has 10 heavy (non-hydrogen) atoms. The Morgan fingerprint density at radius 3 is 2.10 bits per heavy atom. The van der Waals surface area contributed by atoms with Crippen molar-refractivity contribution in [2.75, 3.05) is 6.61 Å². The van der Waals surface area contributed by atoms with Crippen LogP contribution in [0.15, 0.2) is 0 Å². The van der Waals surface area contributed by atoms with Crippen LogP contribution < -0.4 is 0 Å². The Balaban J connectivity index is 0.000000162. The van der Waals surface area contributed by atoms with E-state index in [2.05, 4.69) is 4.74 Å². The second kappa shape index (κ2) is 6.26. The van der Waals surface area contributed by atoms with Crippen molar-refractivity contribution in [1.82, 2.24) is 0 Å². The highest BCUT2D eigenvalue weighted by Crippen LogP contribution is 2.25. The van der Waals surface area contributed by atoms with Crippen LogP contribution in [0.25, 0.3) is 0 Å². The lowest BCUT2D eigenvalue weighted by molar-refractivity contribution is -0.128. The predicted molar refractivity (Wildman–Crippen MR) is 36.5 cm³/mol. The first-order valence-electron chi connectivity index (χ1n) is 3.35. The van der Waals surface area contributed by atoms with E-state index < -0.39 is 0 Å². The number of hydrogen-bond donors (Lipinski definition) is 0. The van der Waals surface area contributed by atoms with Crippen molar-refractivity contribution in [2.45, 2.75) is 19.8 Å². The Morgan fingerprint density at radius 2 is 2.10 bits per heavy atom. The molecule has 1 rings (SSSR count). The highest BCUT2D eigenvalue weighted by Gasteiger charge is 2.18. The fourth-order valence-corrected chi connectivity index (χ4v) is 0.300. The van der Waals surface area contributed by atoms with E-state index in [1.54, 1.807) is 6.92 Å². The molecule has 1 fully saturated rings. The molecule has 3 nitrogen and oxygen atoms in total. The van der Waals surface area contributed by atoms with Gasteiger partial charge in [-0.1, -0.05) is 0 Å². The third kappa shape index (κ3) is 7.14. The highest BCUT2D eigenvalue weighted by molar-refractivity contribution is 5.56. The normalized spacial score (nSPS) is 14.5. The summed E-state index contributed by atoms with van der Waals surface area (Å²) in [6.45, 7) is 2.66. The molecule has 0 amide bonds. The lowest BCUT2D eigenvalue weighted by Crippen LogP contribution is -1.80. The van der Waals surface area contributed by atoms with Gasteiger partial charge in [-0.2, -0.15) is 0 Å². The molecule has 0 radical (unpaired) electrons. The fraction of sp³-hybridized carbons (Fsp3) is 0.714. The van der Waals surface area contributed by atoms with E-state index in [4.69, 9.17) is 0 Å². The summed E-state index contributed by atoms with van der Waals surface area (Å²) in [6.07, 6.45) is 3.31. The third-order valence-corrected chi connectivity index (χ3v) is 1.05. The van der Waals surface area contributed by atoms with Crippen LogP contribution in [0, 0.1) is 5.92 Å². The van der Waals surface area contributed by atoms with E-state index in [1.165, 1.54) is 0 Å². The molecule has 1 aliphatic rings.